The van der Waals surface area contributed by atoms with Gasteiger partial charge in [0.2, 0.25) is 5.62 Å². The van der Waals surface area contributed by atoms with Gasteiger partial charge in [0, 0.05) is 17.7 Å². The molecule has 1 N–H and O–H groups in total. The van der Waals surface area contributed by atoms with Gasteiger partial charge in [-0.3, -0.25) is 20.3 Å². The number of carbonyl (C=O) groups excluding carboxylic acids is 1. The summed E-state index contributed by atoms with van der Waals surface area (Å²) in [5, 5.41) is 19.5. The lowest BCUT2D eigenvalue weighted by atomic mass is 10.1. The van der Waals surface area contributed by atoms with Gasteiger partial charge in [-0.25, -0.2) is 0 Å². The fourth-order valence-corrected chi connectivity index (χ4v) is 3.49. The van der Waals surface area contributed by atoms with Crippen LogP contribution in [0.25, 0.3) is 11.0 Å². The van der Waals surface area contributed by atoms with Crippen LogP contribution in [0.4, 0.5) is 5.69 Å². The second-order valence-corrected chi connectivity index (χ2v) is 7.20. The lowest BCUT2D eigenvalue weighted by molar-refractivity contribution is -0.384. The molecule has 0 spiro atoms. The van der Waals surface area contributed by atoms with Gasteiger partial charge in [0.1, 0.15) is 0 Å². The van der Waals surface area contributed by atoms with Crippen molar-refractivity contribution < 1.29 is 9.72 Å². The van der Waals surface area contributed by atoms with Gasteiger partial charge in [-0.15, -0.1) is 17.0 Å². The lowest BCUT2D eigenvalue weighted by Gasteiger charge is -2.06. The van der Waals surface area contributed by atoms with Crippen LogP contribution in [0.15, 0.2) is 72.8 Å². The molecule has 0 fully saturated rings. The molecule has 1 heterocycles. The number of nitrogens with one attached hydrogen (secondary N) is 1. The largest absolute Gasteiger partial charge is 0.306 e. The van der Waals surface area contributed by atoms with Crippen LogP contribution in [0.5, 0.6) is 0 Å². The summed E-state index contributed by atoms with van der Waals surface area (Å²) in [6.45, 7) is 2.54. The molecule has 0 saturated carbocycles. The van der Waals surface area contributed by atoms with E-state index in [-0.39, 0.29) is 40.6 Å². The number of nitro benzene ring substituents is 1. The summed E-state index contributed by atoms with van der Waals surface area (Å²) >= 11 is 0. The molecule has 0 radical (unpaired) electrons. The highest BCUT2D eigenvalue weighted by molar-refractivity contribution is 8.93. The molecule has 4 rings (SSSR count). The third-order valence-corrected chi connectivity index (χ3v) is 5.14. The Kier molecular flexibility index (Phi) is 6.50. The molecule has 0 aliphatic carbocycles. The molecule has 0 saturated heterocycles. The van der Waals surface area contributed by atoms with Crippen LogP contribution in [0.3, 0.4) is 0 Å². The number of aryl methyl sites for hydroxylation is 1. The van der Waals surface area contributed by atoms with Crippen molar-refractivity contribution in [3.05, 3.63) is 105 Å². The van der Waals surface area contributed by atoms with E-state index in [0.29, 0.717) is 12.1 Å². The van der Waals surface area contributed by atoms with Crippen molar-refractivity contribution in [1.29, 1.82) is 5.41 Å². The molecule has 0 amide bonds. The summed E-state index contributed by atoms with van der Waals surface area (Å²) in [7, 11) is 0. The van der Waals surface area contributed by atoms with Gasteiger partial charge >= 0.3 is 0 Å². The van der Waals surface area contributed by atoms with E-state index in [0.717, 1.165) is 16.6 Å². The predicted molar refractivity (Wildman–Crippen MR) is 124 cm³/mol. The molecule has 1 aromatic heterocycles. The second-order valence-electron chi connectivity index (χ2n) is 7.20. The van der Waals surface area contributed by atoms with Crippen molar-refractivity contribution in [3.8, 4) is 0 Å². The van der Waals surface area contributed by atoms with E-state index in [1.807, 2.05) is 60.0 Å². The number of imidazole rings is 1. The molecule has 0 aliphatic heterocycles. The third kappa shape index (κ3) is 4.49. The molecule has 158 valence electrons. The number of hydrogen-bond donors (Lipinski definition) is 1. The summed E-state index contributed by atoms with van der Waals surface area (Å²) in [5.41, 5.74) is 4.46. The molecular weight excluding hydrogens is 460 g/mol. The average molecular weight is 481 g/mol. The highest BCUT2D eigenvalue weighted by Crippen LogP contribution is 2.17. The van der Waals surface area contributed by atoms with Crippen LogP contribution in [-0.2, 0) is 13.1 Å². The number of hydrogen-bond acceptors (Lipinski definition) is 4. The first-order valence-electron chi connectivity index (χ1n) is 9.50. The summed E-state index contributed by atoms with van der Waals surface area (Å²) in [6, 6.07) is 21.3. The van der Waals surface area contributed by atoms with E-state index in [4.69, 9.17) is 5.41 Å². The highest BCUT2D eigenvalue weighted by Gasteiger charge is 2.15. The number of Topliss-reactive ketones (excluding diaryl/α,β-unsaturated/α-hetero) is 1. The Labute approximate surface area is 189 Å². The Bertz CT molecular complexity index is 1310. The number of aromatic nitrogens is 2. The van der Waals surface area contributed by atoms with Gasteiger partial charge in [0.05, 0.1) is 29.0 Å². The minimum Gasteiger partial charge on any atom is -0.306 e. The number of rotatable bonds is 6. The zero-order valence-corrected chi connectivity index (χ0v) is 18.5. The summed E-state index contributed by atoms with van der Waals surface area (Å²) in [4.78, 5) is 23.1. The number of nitro groups is 1. The van der Waals surface area contributed by atoms with Crippen LogP contribution in [0.2, 0.25) is 0 Å². The molecule has 0 atom stereocenters. The number of ketones is 1. The Balaban J connectivity index is 0.00000272. The van der Waals surface area contributed by atoms with Crippen LogP contribution >= 0.6 is 17.0 Å². The topological polar surface area (TPSA) is 93.9 Å². The third-order valence-electron chi connectivity index (χ3n) is 5.14. The minimum atomic E-state index is -0.496. The van der Waals surface area contributed by atoms with Crippen molar-refractivity contribution >= 4 is 39.5 Å². The van der Waals surface area contributed by atoms with Crippen LogP contribution in [-0.4, -0.2) is 19.8 Å². The van der Waals surface area contributed by atoms with Crippen LogP contribution in [0, 0.1) is 22.4 Å². The standard InChI is InChI=1S/C23H20N4O3.BrH/c1-16-6-8-17(9-7-16)14-25-20-4-2-3-5-21(20)26(23(25)24)15-22(28)18-10-12-19(13-11-18)27(29)30;/h2-13,24H,14-15H2,1H3;1H. The van der Waals surface area contributed by atoms with Gasteiger partial charge < -0.3 is 9.13 Å². The van der Waals surface area contributed by atoms with Crippen molar-refractivity contribution in [2.24, 2.45) is 0 Å². The van der Waals surface area contributed by atoms with E-state index >= 15 is 0 Å². The van der Waals surface area contributed by atoms with Crippen LogP contribution in [0.1, 0.15) is 21.5 Å². The van der Waals surface area contributed by atoms with Gasteiger partial charge in [0.15, 0.2) is 5.78 Å². The molecule has 7 nitrogen and oxygen atoms in total. The second kappa shape index (κ2) is 9.09. The number of benzene rings is 3. The molecule has 3 aromatic carbocycles. The van der Waals surface area contributed by atoms with Gasteiger partial charge in [-0.2, -0.15) is 0 Å². The molecule has 8 heteroatoms. The number of carbonyl (C=O) groups is 1. The van der Waals surface area contributed by atoms with Gasteiger partial charge in [-0.1, -0.05) is 42.0 Å². The molecular formula is C23H21BrN4O3. The molecule has 0 unspecified atom stereocenters. The van der Waals surface area contributed by atoms with Crippen molar-refractivity contribution in [1.82, 2.24) is 9.13 Å². The Morgan fingerprint density at radius 3 is 2.10 bits per heavy atom. The monoisotopic (exact) mass is 480 g/mol. The summed E-state index contributed by atoms with van der Waals surface area (Å²) in [6.07, 6.45) is 0. The first-order chi connectivity index (χ1) is 14.4. The van der Waals surface area contributed by atoms with E-state index in [2.05, 4.69) is 0 Å². The molecule has 4 aromatic rings. The van der Waals surface area contributed by atoms with E-state index in [1.165, 1.54) is 29.8 Å². The van der Waals surface area contributed by atoms with Gasteiger partial charge in [0.25, 0.3) is 5.69 Å². The van der Waals surface area contributed by atoms with Crippen molar-refractivity contribution in [2.45, 2.75) is 20.0 Å². The lowest BCUT2D eigenvalue weighted by Crippen LogP contribution is -2.27. The maximum absolute atomic E-state index is 12.8. The summed E-state index contributed by atoms with van der Waals surface area (Å²) in [5.74, 6) is -0.207. The van der Waals surface area contributed by atoms with E-state index < -0.39 is 4.92 Å². The van der Waals surface area contributed by atoms with Gasteiger partial charge in [-0.05, 0) is 36.8 Å². The Morgan fingerprint density at radius 1 is 0.935 bits per heavy atom. The normalized spacial score (nSPS) is 10.6. The smallest absolute Gasteiger partial charge is 0.269 e. The first-order valence-corrected chi connectivity index (χ1v) is 9.50. The first kappa shape index (κ1) is 22.2. The fraction of sp³-hybridized carbons (Fsp3) is 0.130. The highest BCUT2D eigenvalue weighted by atomic mass is 79.9. The summed E-state index contributed by atoms with van der Waals surface area (Å²) < 4.78 is 3.55. The minimum absolute atomic E-state index is 0. The zero-order valence-electron chi connectivity index (χ0n) is 16.8. The SMILES string of the molecule is Br.Cc1ccc(Cn2c(=N)n(CC(=O)c3ccc([N+](=O)[O-])cc3)c3ccccc32)cc1. The number of halogens is 1. The molecule has 31 heavy (non-hydrogen) atoms. The molecule has 0 aliphatic rings. The zero-order chi connectivity index (χ0) is 21.3. The van der Waals surface area contributed by atoms with E-state index in [1.54, 1.807) is 4.57 Å². The number of fused-ring (bicyclic) bond motifs is 1. The van der Waals surface area contributed by atoms with Crippen molar-refractivity contribution in [2.75, 3.05) is 0 Å². The van der Waals surface area contributed by atoms with Crippen molar-refractivity contribution in [3.63, 3.8) is 0 Å². The van der Waals surface area contributed by atoms with Crippen LogP contribution < -0.4 is 5.62 Å². The average Bonchev–Trinajstić information content (AvgIpc) is 3.01. The van der Waals surface area contributed by atoms with E-state index in [9.17, 15) is 14.9 Å². The Hall–Kier alpha value is -3.52. The fourth-order valence-electron chi connectivity index (χ4n) is 3.49. The molecule has 0 bridgehead atoms. The predicted octanol–water partition coefficient (Wildman–Crippen LogP) is 4.65. The quantitative estimate of drug-likeness (QED) is 0.247. The number of non-ortho nitro benzene ring substituents is 1. The maximum Gasteiger partial charge on any atom is 0.269 e. The number of para-hydroxylation sites is 2. The number of nitrogens with zero attached hydrogens (tertiary/aromatic N) is 3. The Morgan fingerprint density at radius 2 is 1.52 bits per heavy atom. The maximum atomic E-state index is 12.8.